The lowest BCUT2D eigenvalue weighted by atomic mass is 9.94. The summed E-state index contributed by atoms with van der Waals surface area (Å²) in [5.74, 6) is -0.209. The van der Waals surface area contributed by atoms with Crippen LogP contribution in [0, 0.1) is 16.7 Å². The molecule has 0 aliphatic rings. The van der Waals surface area contributed by atoms with E-state index in [9.17, 15) is 4.79 Å². The van der Waals surface area contributed by atoms with Crippen LogP contribution >= 0.6 is 11.3 Å². The first-order valence-corrected chi connectivity index (χ1v) is 6.08. The predicted octanol–water partition coefficient (Wildman–Crippen LogP) is 2.35. The van der Waals surface area contributed by atoms with Gasteiger partial charge in [0.1, 0.15) is 5.41 Å². The number of thiophene rings is 1. The van der Waals surface area contributed by atoms with Crippen molar-refractivity contribution in [3.05, 3.63) is 22.4 Å². The third-order valence-corrected chi connectivity index (χ3v) is 3.21. The molecule has 0 aromatic carbocycles. The van der Waals surface area contributed by atoms with Crippen LogP contribution in [0.4, 0.5) is 0 Å². The monoisotopic (exact) mass is 236 g/mol. The quantitative estimate of drug-likeness (QED) is 0.872. The van der Waals surface area contributed by atoms with E-state index >= 15 is 0 Å². The van der Waals surface area contributed by atoms with Gasteiger partial charge in [-0.25, -0.2) is 0 Å². The number of hydrogen-bond acceptors (Lipinski definition) is 3. The lowest BCUT2D eigenvalue weighted by Crippen LogP contribution is -2.41. The summed E-state index contributed by atoms with van der Waals surface area (Å²) < 4.78 is 0. The highest BCUT2D eigenvalue weighted by molar-refractivity contribution is 7.09. The maximum atomic E-state index is 11.7. The Balaban J connectivity index is 2.50. The molecule has 0 radical (unpaired) electrons. The van der Waals surface area contributed by atoms with E-state index in [-0.39, 0.29) is 11.9 Å². The third-order valence-electron chi connectivity index (χ3n) is 2.31. The second kappa shape index (κ2) is 5.13. The van der Waals surface area contributed by atoms with E-state index in [1.807, 2.05) is 30.5 Å². The van der Waals surface area contributed by atoms with E-state index in [2.05, 4.69) is 5.32 Å². The standard InChI is InChI=1S/C12H16N2OS/c1-9(7-10-5-4-6-16-10)14-11(15)12(2,3)8-13/h4-6,9H,7H2,1-3H3,(H,14,15). The average molecular weight is 236 g/mol. The summed E-state index contributed by atoms with van der Waals surface area (Å²) in [6, 6.07) is 6.09. The molecule has 0 bridgehead atoms. The minimum absolute atomic E-state index is 0.0544. The molecule has 1 unspecified atom stereocenters. The molecule has 0 saturated heterocycles. The summed E-state index contributed by atoms with van der Waals surface area (Å²) in [4.78, 5) is 12.9. The molecule has 0 saturated carbocycles. The molecule has 1 atom stereocenters. The van der Waals surface area contributed by atoms with Crippen LogP contribution < -0.4 is 5.32 Å². The fourth-order valence-electron chi connectivity index (χ4n) is 1.24. The molecule has 1 aromatic rings. The smallest absolute Gasteiger partial charge is 0.240 e. The Bertz CT molecular complexity index is 390. The van der Waals surface area contributed by atoms with Crippen LogP contribution in [-0.4, -0.2) is 11.9 Å². The van der Waals surface area contributed by atoms with Crippen LogP contribution in [0.3, 0.4) is 0 Å². The first kappa shape index (κ1) is 12.7. The zero-order valence-electron chi connectivity index (χ0n) is 9.78. The SMILES string of the molecule is CC(Cc1cccs1)NC(=O)C(C)(C)C#N. The van der Waals surface area contributed by atoms with E-state index in [1.54, 1.807) is 25.2 Å². The minimum Gasteiger partial charge on any atom is -0.352 e. The Morgan fingerprint density at radius 2 is 2.38 bits per heavy atom. The summed E-state index contributed by atoms with van der Waals surface area (Å²) in [5, 5.41) is 13.7. The molecular weight excluding hydrogens is 220 g/mol. The zero-order chi connectivity index (χ0) is 12.2. The fourth-order valence-corrected chi connectivity index (χ4v) is 2.07. The number of nitrogens with zero attached hydrogens (tertiary/aromatic N) is 1. The van der Waals surface area contributed by atoms with Gasteiger partial charge in [0, 0.05) is 17.3 Å². The van der Waals surface area contributed by atoms with Crippen LogP contribution in [0.25, 0.3) is 0 Å². The minimum atomic E-state index is -0.955. The molecule has 0 aliphatic heterocycles. The van der Waals surface area contributed by atoms with Crippen LogP contribution in [0.2, 0.25) is 0 Å². The number of nitriles is 1. The molecule has 0 spiro atoms. The Kier molecular flexibility index (Phi) is 4.08. The number of rotatable bonds is 4. The molecule has 4 heteroatoms. The van der Waals surface area contributed by atoms with Crippen molar-refractivity contribution in [3.63, 3.8) is 0 Å². The maximum absolute atomic E-state index is 11.7. The first-order chi connectivity index (χ1) is 7.45. The molecular formula is C12H16N2OS. The average Bonchev–Trinajstić information content (AvgIpc) is 2.70. The molecule has 0 fully saturated rings. The second-order valence-corrected chi connectivity index (χ2v) is 5.43. The van der Waals surface area contributed by atoms with Gasteiger partial charge in [-0.15, -0.1) is 11.3 Å². The van der Waals surface area contributed by atoms with Crippen molar-refractivity contribution < 1.29 is 4.79 Å². The van der Waals surface area contributed by atoms with Gasteiger partial charge in [-0.3, -0.25) is 4.79 Å². The predicted molar refractivity (Wildman–Crippen MR) is 65.0 cm³/mol. The van der Waals surface area contributed by atoms with E-state index in [1.165, 1.54) is 4.88 Å². The highest BCUT2D eigenvalue weighted by atomic mass is 32.1. The van der Waals surface area contributed by atoms with Gasteiger partial charge < -0.3 is 5.32 Å². The van der Waals surface area contributed by atoms with E-state index in [4.69, 9.17) is 5.26 Å². The fraction of sp³-hybridized carbons (Fsp3) is 0.500. The molecule has 3 nitrogen and oxygen atoms in total. The van der Waals surface area contributed by atoms with Crippen LogP contribution in [0.5, 0.6) is 0 Å². The summed E-state index contributed by atoms with van der Waals surface area (Å²) in [6.45, 7) is 5.20. The van der Waals surface area contributed by atoms with Crippen molar-refractivity contribution in [2.45, 2.75) is 33.2 Å². The van der Waals surface area contributed by atoms with Gasteiger partial charge in [0.25, 0.3) is 0 Å². The molecule has 1 N–H and O–H groups in total. The normalized spacial score (nSPS) is 12.9. The maximum Gasteiger partial charge on any atom is 0.240 e. The molecule has 1 amide bonds. The lowest BCUT2D eigenvalue weighted by molar-refractivity contribution is -0.127. The summed E-state index contributed by atoms with van der Waals surface area (Å²) in [7, 11) is 0. The second-order valence-electron chi connectivity index (χ2n) is 4.39. The van der Waals surface area contributed by atoms with Gasteiger partial charge in [0.2, 0.25) is 5.91 Å². The van der Waals surface area contributed by atoms with Gasteiger partial charge in [0.15, 0.2) is 0 Å². The van der Waals surface area contributed by atoms with Crippen molar-refractivity contribution in [2.75, 3.05) is 0 Å². The highest BCUT2D eigenvalue weighted by Crippen LogP contribution is 2.15. The number of amides is 1. The number of carbonyl (C=O) groups is 1. The molecule has 0 aliphatic carbocycles. The third kappa shape index (κ3) is 3.35. The molecule has 1 rings (SSSR count). The zero-order valence-corrected chi connectivity index (χ0v) is 10.6. The van der Waals surface area contributed by atoms with Crippen LogP contribution in [0.1, 0.15) is 25.6 Å². The van der Waals surface area contributed by atoms with Gasteiger partial charge in [-0.1, -0.05) is 6.07 Å². The summed E-state index contributed by atoms with van der Waals surface area (Å²) >= 11 is 1.68. The van der Waals surface area contributed by atoms with Crippen LogP contribution in [0.15, 0.2) is 17.5 Å². The summed E-state index contributed by atoms with van der Waals surface area (Å²) in [6.07, 6.45) is 0.810. The molecule has 1 aromatic heterocycles. The number of hydrogen-bond donors (Lipinski definition) is 1. The van der Waals surface area contributed by atoms with Crippen molar-refractivity contribution >= 4 is 17.2 Å². The van der Waals surface area contributed by atoms with Gasteiger partial charge >= 0.3 is 0 Å². The first-order valence-electron chi connectivity index (χ1n) is 5.20. The van der Waals surface area contributed by atoms with Crippen LogP contribution in [-0.2, 0) is 11.2 Å². The van der Waals surface area contributed by atoms with Gasteiger partial charge in [0.05, 0.1) is 6.07 Å². The van der Waals surface area contributed by atoms with Crippen molar-refractivity contribution in [2.24, 2.45) is 5.41 Å². The van der Waals surface area contributed by atoms with Gasteiger partial charge in [-0.2, -0.15) is 5.26 Å². The van der Waals surface area contributed by atoms with Crippen molar-refractivity contribution in [1.29, 1.82) is 5.26 Å². The molecule has 86 valence electrons. The Morgan fingerprint density at radius 3 is 2.88 bits per heavy atom. The number of carbonyl (C=O) groups excluding carboxylic acids is 1. The molecule has 1 heterocycles. The largest absolute Gasteiger partial charge is 0.352 e. The topological polar surface area (TPSA) is 52.9 Å². The molecule has 16 heavy (non-hydrogen) atoms. The summed E-state index contributed by atoms with van der Waals surface area (Å²) in [5.41, 5.74) is -0.955. The highest BCUT2D eigenvalue weighted by Gasteiger charge is 2.28. The van der Waals surface area contributed by atoms with E-state index < -0.39 is 5.41 Å². The van der Waals surface area contributed by atoms with Gasteiger partial charge in [-0.05, 0) is 32.2 Å². The number of nitrogens with one attached hydrogen (secondary N) is 1. The Hall–Kier alpha value is -1.34. The Labute approximate surface area is 100 Å². The van der Waals surface area contributed by atoms with Crippen molar-refractivity contribution in [1.82, 2.24) is 5.32 Å². The Morgan fingerprint density at radius 1 is 1.69 bits per heavy atom. The lowest BCUT2D eigenvalue weighted by Gasteiger charge is -2.19. The van der Waals surface area contributed by atoms with Crippen molar-refractivity contribution in [3.8, 4) is 6.07 Å². The van der Waals surface area contributed by atoms with E-state index in [0.29, 0.717) is 0 Å². The van der Waals surface area contributed by atoms with E-state index in [0.717, 1.165) is 6.42 Å².